The Bertz CT molecular complexity index is 581. The number of fused-ring (bicyclic) bond motifs is 1. The highest BCUT2D eigenvalue weighted by molar-refractivity contribution is 7.17. The third-order valence-electron chi connectivity index (χ3n) is 3.96. The van der Waals surface area contributed by atoms with E-state index in [1.807, 2.05) is 12.1 Å². The van der Waals surface area contributed by atoms with Gasteiger partial charge in [-0.2, -0.15) is 0 Å². The van der Waals surface area contributed by atoms with Crippen LogP contribution in [0.1, 0.15) is 31.2 Å². The van der Waals surface area contributed by atoms with Crippen molar-refractivity contribution in [3.63, 3.8) is 0 Å². The molecule has 1 saturated carbocycles. The molecule has 18 heavy (non-hydrogen) atoms. The molecule has 94 valence electrons. The number of nitrogens with two attached hydrogens (primary N) is 1. The van der Waals surface area contributed by atoms with Crippen LogP contribution >= 0.6 is 11.3 Å². The van der Waals surface area contributed by atoms with Crippen molar-refractivity contribution in [2.24, 2.45) is 5.73 Å². The highest BCUT2D eigenvalue weighted by Crippen LogP contribution is 2.31. The van der Waals surface area contributed by atoms with E-state index in [2.05, 4.69) is 17.5 Å². The van der Waals surface area contributed by atoms with Gasteiger partial charge in [-0.15, -0.1) is 11.3 Å². The monoisotopic (exact) mass is 259 g/mol. The first-order valence-electron chi connectivity index (χ1n) is 6.46. The maximum atomic E-state index is 12.4. The minimum Gasteiger partial charge on any atom is -0.319 e. The minimum atomic E-state index is -0.553. The summed E-state index contributed by atoms with van der Waals surface area (Å²) in [5.41, 5.74) is 6.80. The molecule has 0 unspecified atom stereocenters. The Kier molecular flexibility index (Phi) is 2.96. The third-order valence-corrected chi connectivity index (χ3v) is 4.98. The molecule has 1 heterocycles. The zero-order valence-corrected chi connectivity index (χ0v) is 11.1. The average molecular weight is 259 g/mol. The van der Waals surface area contributed by atoms with Crippen LogP contribution in [0.5, 0.6) is 0 Å². The summed E-state index contributed by atoms with van der Waals surface area (Å²) in [7, 11) is 0. The number of Topliss-reactive ketones (excluding diaryl/α,β-unsaturated/α-hetero) is 1. The molecule has 0 aliphatic heterocycles. The number of hydrogen-bond donors (Lipinski definition) is 1. The van der Waals surface area contributed by atoms with Crippen LogP contribution in [-0.4, -0.2) is 11.3 Å². The van der Waals surface area contributed by atoms with E-state index in [1.165, 1.54) is 10.1 Å². The lowest BCUT2D eigenvalue weighted by atomic mass is 9.89. The molecule has 1 aliphatic carbocycles. The van der Waals surface area contributed by atoms with Crippen LogP contribution in [0.3, 0.4) is 0 Å². The molecule has 1 aromatic heterocycles. The van der Waals surface area contributed by atoms with Crippen molar-refractivity contribution in [2.75, 3.05) is 0 Å². The van der Waals surface area contributed by atoms with E-state index < -0.39 is 5.54 Å². The van der Waals surface area contributed by atoms with E-state index in [4.69, 9.17) is 5.73 Å². The van der Waals surface area contributed by atoms with Crippen LogP contribution in [0.25, 0.3) is 10.1 Å². The van der Waals surface area contributed by atoms with Gasteiger partial charge in [-0.3, -0.25) is 4.79 Å². The van der Waals surface area contributed by atoms with Crippen molar-refractivity contribution in [3.8, 4) is 0 Å². The minimum absolute atomic E-state index is 0.212. The van der Waals surface area contributed by atoms with Gasteiger partial charge in [0.25, 0.3) is 0 Å². The first-order valence-corrected chi connectivity index (χ1v) is 7.34. The Labute approximate surface area is 111 Å². The Hall–Kier alpha value is -1.19. The molecule has 3 heteroatoms. The van der Waals surface area contributed by atoms with Gasteiger partial charge in [-0.1, -0.05) is 31.0 Å². The van der Waals surface area contributed by atoms with E-state index in [0.29, 0.717) is 6.42 Å². The molecule has 0 spiro atoms. The number of carbonyl (C=O) groups is 1. The van der Waals surface area contributed by atoms with Crippen molar-refractivity contribution in [1.29, 1.82) is 0 Å². The number of benzene rings is 1. The highest BCUT2D eigenvalue weighted by atomic mass is 32.1. The molecule has 2 nitrogen and oxygen atoms in total. The summed E-state index contributed by atoms with van der Waals surface area (Å²) < 4.78 is 1.25. The highest BCUT2D eigenvalue weighted by Gasteiger charge is 2.36. The number of hydrogen-bond acceptors (Lipinski definition) is 3. The molecule has 1 aliphatic rings. The Morgan fingerprint density at radius 3 is 2.78 bits per heavy atom. The molecule has 0 amide bonds. The van der Waals surface area contributed by atoms with E-state index >= 15 is 0 Å². The van der Waals surface area contributed by atoms with E-state index in [9.17, 15) is 4.79 Å². The fraction of sp³-hybridized carbons (Fsp3) is 0.400. The number of thiophene rings is 1. The summed E-state index contributed by atoms with van der Waals surface area (Å²) in [5, 5.41) is 3.30. The lowest BCUT2D eigenvalue weighted by molar-refractivity contribution is -0.123. The lowest BCUT2D eigenvalue weighted by Gasteiger charge is -2.21. The molecular weight excluding hydrogens is 242 g/mol. The molecule has 2 N–H and O–H groups in total. The van der Waals surface area contributed by atoms with Gasteiger partial charge in [0.2, 0.25) is 0 Å². The zero-order valence-electron chi connectivity index (χ0n) is 10.3. The first kappa shape index (κ1) is 11.9. The van der Waals surface area contributed by atoms with E-state index in [0.717, 1.165) is 31.2 Å². The SMILES string of the molecule is NC1(C(=O)Cc2csc3ccccc23)CCCC1. The standard InChI is InChI=1S/C15H17NOS/c16-15(7-3-4-8-15)14(17)9-11-10-18-13-6-2-1-5-12(11)13/h1-2,5-6,10H,3-4,7-9,16H2. The van der Waals surface area contributed by atoms with E-state index in [1.54, 1.807) is 11.3 Å². The topological polar surface area (TPSA) is 43.1 Å². The van der Waals surface area contributed by atoms with E-state index in [-0.39, 0.29) is 5.78 Å². The van der Waals surface area contributed by atoms with Crippen LogP contribution in [0.15, 0.2) is 29.6 Å². The van der Waals surface area contributed by atoms with Crippen molar-refractivity contribution >= 4 is 27.2 Å². The maximum absolute atomic E-state index is 12.4. The molecule has 0 radical (unpaired) electrons. The normalized spacial score (nSPS) is 18.3. The molecule has 0 saturated heterocycles. The molecule has 0 atom stereocenters. The summed E-state index contributed by atoms with van der Waals surface area (Å²) in [5.74, 6) is 0.212. The van der Waals surface area contributed by atoms with Crippen molar-refractivity contribution < 1.29 is 4.79 Å². The average Bonchev–Trinajstić information content (AvgIpc) is 2.98. The Balaban J connectivity index is 1.86. The van der Waals surface area contributed by atoms with Gasteiger partial charge < -0.3 is 5.73 Å². The van der Waals surface area contributed by atoms with Crippen LogP contribution in [0, 0.1) is 0 Å². The predicted octanol–water partition coefficient (Wildman–Crippen LogP) is 3.28. The Morgan fingerprint density at radius 2 is 2.00 bits per heavy atom. The second kappa shape index (κ2) is 4.48. The first-order chi connectivity index (χ1) is 8.69. The largest absolute Gasteiger partial charge is 0.319 e. The fourth-order valence-electron chi connectivity index (χ4n) is 2.80. The number of rotatable bonds is 3. The predicted molar refractivity (Wildman–Crippen MR) is 75.9 cm³/mol. The molecular formula is C15H17NOS. The van der Waals surface area contributed by atoms with Gasteiger partial charge in [0.05, 0.1) is 5.54 Å². The third kappa shape index (κ3) is 1.98. The summed E-state index contributed by atoms with van der Waals surface area (Å²) >= 11 is 1.70. The summed E-state index contributed by atoms with van der Waals surface area (Å²) in [4.78, 5) is 12.4. The molecule has 1 fully saturated rings. The van der Waals surface area contributed by atoms with Crippen LogP contribution in [-0.2, 0) is 11.2 Å². The molecule has 2 aromatic rings. The van der Waals surface area contributed by atoms with Crippen LogP contribution in [0.4, 0.5) is 0 Å². The van der Waals surface area contributed by atoms with Gasteiger partial charge in [0, 0.05) is 11.1 Å². The summed E-state index contributed by atoms with van der Waals surface area (Å²) in [6.45, 7) is 0. The van der Waals surface area contributed by atoms with Gasteiger partial charge >= 0.3 is 0 Å². The summed E-state index contributed by atoms with van der Waals surface area (Å²) in [6.07, 6.45) is 4.38. The molecule has 3 rings (SSSR count). The fourth-order valence-corrected chi connectivity index (χ4v) is 3.77. The Morgan fingerprint density at radius 1 is 1.28 bits per heavy atom. The van der Waals surface area contributed by atoms with Gasteiger partial charge in [0.15, 0.2) is 5.78 Å². The smallest absolute Gasteiger partial charge is 0.157 e. The quantitative estimate of drug-likeness (QED) is 0.919. The van der Waals surface area contributed by atoms with Gasteiger partial charge in [-0.25, -0.2) is 0 Å². The lowest BCUT2D eigenvalue weighted by Crippen LogP contribution is -2.46. The van der Waals surface area contributed by atoms with Gasteiger partial charge in [0.1, 0.15) is 0 Å². The molecule has 0 bridgehead atoms. The van der Waals surface area contributed by atoms with Crippen molar-refractivity contribution in [2.45, 2.75) is 37.6 Å². The zero-order chi connectivity index (χ0) is 12.6. The molecule has 1 aromatic carbocycles. The van der Waals surface area contributed by atoms with Crippen molar-refractivity contribution in [3.05, 3.63) is 35.2 Å². The summed E-state index contributed by atoms with van der Waals surface area (Å²) in [6, 6.07) is 8.25. The second-order valence-corrected chi connectivity index (χ2v) is 6.13. The number of carbonyl (C=O) groups excluding carboxylic acids is 1. The maximum Gasteiger partial charge on any atom is 0.157 e. The van der Waals surface area contributed by atoms with Crippen molar-refractivity contribution in [1.82, 2.24) is 0 Å². The second-order valence-electron chi connectivity index (χ2n) is 5.22. The number of ketones is 1. The van der Waals surface area contributed by atoms with Crippen LogP contribution in [0.2, 0.25) is 0 Å². The van der Waals surface area contributed by atoms with Gasteiger partial charge in [-0.05, 0) is 35.2 Å². The van der Waals surface area contributed by atoms with Crippen LogP contribution < -0.4 is 5.73 Å².